The molecule has 3 heterocycles. The van der Waals surface area contributed by atoms with Crippen molar-refractivity contribution >= 4 is 11.9 Å². The van der Waals surface area contributed by atoms with Crippen LogP contribution in [0.3, 0.4) is 0 Å². The topological polar surface area (TPSA) is 66.2 Å². The third kappa shape index (κ3) is 3.40. The lowest BCUT2D eigenvalue weighted by Crippen LogP contribution is -2.51. The zero-order valence-electron chi connectivity index (χ0n) is 14.3. The molecule has 0 aliphatic carbocycles. The molecule has 1 aromatic heterocycles. The number of furan rings is 1. The summed E-state index contributed by atoms with van der Waals surface area (Å²) in [6.45, 7) is 2.61. The molecule has 3 amide bonds. The van der Waals surface area contributed by atoms with Crippen molar-refractivity contribution in [2.45, 2.75) is 31.3 Å². The first-order valence-electron chi connectivity index (χ1n) is 8.46. The summed E-state index contributed by atoms with van der Waals surface area (Å²) in [6, 6.07) is 1.90. The average molecular weight is 335 g/mol. The van der Waals surface area contributed by atoms with Crippen LogP contribution in [0, 0.1) is 0 Å². The van der Waals surface area contributed by atoms with Crippen LogP contribution < -0.4 is 0 Å². The molecule has 2 aliphatic rings. The lowest BCUT2D eigenvalue weighted by Gasteiger charge is -2.38. The van der Waals surface area contributed by atoms with E-state index in [1.807, 2.05) is 9.80 Å². The molecule has 0 N–H and O–H groups in total. The van der Waals surface area contributed by atoms with Crippen LogP contribution in [-0.2, 0) is 4.74 Å². The largest absolute Gasteiger partial charge is 0.472 e. The van der Waals surface area contributed by atoms with Crippen LogP contribution in [0.25, 0.3) is 0 Å². The summed E-state index contributed by atoms with van der Waals surface area (Å²) in [5, 5.41) is 0. The van der Waals surface area contributed by atoms with Crippen molar-refractivity contribution in [1.82, 2.24) is 14.7 Å². The Balaban J connectivity index is 1.77. The smallest absolute Gasteiger partial charge is 0.319 e. The molecule has 3 rings (SSSR count). The van der Waals surface area contributed by atoms with Gasteiger partial charge in [-0.1, -0.05) is 0 Å². The fourth-order valence-corrected chi connectivity index (χ4v) is 3.55. The van der Waals surface area contributed by atoms with E-state index in [1.165, 1.54) is 12.5 Å². The average Bonchev–Trinajstić information content (AvgIpc) is 3.27. The molecule has 0 aromatic carbocycles. The maximum atomic E-state index is 13.0. The van der Waals surface area contributed by atoms with Crippen LogP contribution in [0.1, 0.15) is 29.6 Å². The van der Waals surface area contributed by atoms with Crippen molar-refractivity contribution < 1.29 is 18.7 Å². The maximum absolute atomic E-state index is 13.0. The van der Waals surface area contributed by atoms with E-state index >= 15 is 0 Å². The van der Waals surface area contributed by atoms with Crippen molar-refractivity contribution in [3.05, 3.63) is 24.2 Å². The number of rotatable bonds is 3. The molecule has 2 aliphatic heterocycles. The van der Waals surface area contributed by atoms with Crippen molar-refractivity contribution in [3.8, 4) is 0 Å². The van der Waals surface area contributed by atoms with E-state index in [2.05, 4.69) is 0 Å². The lowest BCUT2D eigenvalue weighted by atomic mass is 10.0. The Kier molecular flexibility index (Phi) is 5.08. The number of urea groups is 1. The normalized spacial score (nSPS) is 21.8. The predicted octanol–water partition coefficient (Wildman–Crippen LogP) is 1.66. The number of nitrogens with zero attached hydrogens (tertiary/aromatic N) is 3. The summed E-state index contributed by atoms with van der Waals surface area (Å²) in [5.74, 6) is -0.0141. The minimum absolute atomic E-state index is 0.000174. The van der Waals surface area contributed by atoms with Gasteiger partial charge in [0.05, 0.1) is 17.9 Å². The van der Waals surface area contributed by atoms with Gasteiger partial charge in [0.2, 0.25) is 0 Å². The summed E-state index contributed by atoms with van der Waals surface area (Å²) in [7, 11) is 3.51. The molecule has 2 fully saturated rings. The van der Waals surface area contributed by atoms with Crippen molar-refractivity contribution in [1.29, 1.82) is 0 Å². The summed E-state index contributed by atoms with van der Waals surface area (Å²) < 4.78 is 10.5. The van der Waals surface area contributed by atoms with Gasteiger partial charge >= 0.3 is 6.03 Å². The van der Waals surface area contributed by atoms with Gasteiger partial charge in [0, 0.05) is 46.4 Å². The summed E-state index contributed by atoms with van der Waals surface area (Å²) in [6.07, 6.45) is 5.49. The molecule has 0 radical (unpaired) electrons. The fourth-order valence-electron chi connectivity index (χ4n) is 3.55. The van der Waals surface area contributed by atoms with E-state index in [-0.39, 0.29) is 24.0 Å². The predicted molar refractivity (Wildman–Crippen MR) is 87.8 cm³/mol. The van der Waals surface area contributed by atoms with Crippen molar-refractivity contribution in [2.75, 3.05) is 40.4 Å². The first-order chi connectivity index (χ1) is 11.6. The van der Waals surface area contributed by atoms with Gasteiger partial charge in [0.25, 0.3) is 5.91 Å². The Morgan fingerprint density at radius 1 is 1.17 bits per heavy atom. The quantitative estimate of drug-likeness (QED) is 0.842. The van der Waals surface area contributed by atoms with Crippen LogP contribution in [0.15, 0.2) is 23.0 Å². The third-order valence-corrected chi connectivity index (χ3v) is 4.80. The van der Waals surface area contributed by atoms with Crippen molar-refractivity contribution in [3.63, 3.8) is 0 Å². The maximum Gasteiger partial charge on any atom is 0.319 e. The highest BCUT2D eigenvalue weighted by Gasteiger charge is 2.38. The minimum Gasteiger partial charge on any atom is -0.472 e. The van der Waals surface area contributed by atoms with Gasteiger partial charge < -0.3 is 23.9 Å². The van der Waals surface area contributed by atoms with Crippen LogP contribution >= 0.6 is 0 Å². The molecule has 2 saturated heterocycles. The Morgan fingerprint density at radius 2 is 1.92 bits per heavy atom. The molecule has 0 saturated carbocycles. The molecule has 0 spiro atoms. The fraction of sp³-hybridized carbons (Fsp3) is 0.647. The summed E-state index contributed by atoms with van der Waals surface area (Å²) >= 11 is 0. The van der Waals surface area contributed by atoms with E-state index < -0.39 is 0 Å². The first-order valence-corrected chi connectivity index (χ1v) is 8.46. The third-order valence-electron chi connectivity index (χ3n) is 4.80. The number of hydrogen-bond acceptors (Lipinski definition) is 4. The number of amides is 3. The molecule has 0 bridgehead atoms. The van der Waals surface area contributed by atoms with Crippen molar-refractivity contribution in [2.24, 2.45) is 0 Å². The van der Waals surface area contributed by atoms with Gasteiger partial charge in [-0.3, -0.25) is 4.79 Å². The van der Waals surface area contributed by atoms with Gasteiger partial charge in [-0.15, -0.1) is 0 Å². The van der Waals surface area contributed by atoms with E-state index in [0.29, 0.717) is 31.9 Å². The molecule has 1 aromatic rings. The first kappa shape index (κ1) is 16.8. The van der Waals surface area contributed by atoms with Crippen LogP contribution in [-0.4, -0.2) is 79.1 Å². The van der Waals surface area contributed by atoms with Gasteiger partial charge in [-0.05, 0) is 25.3 Å². The van der Waals surface area contributed by atoms with E-state index in [4.69, 9.17) is 9.15 Å². The minimum atomic E-state index is -0.0141. The monoisotopic (exact) mass is 335 g/mol. The van der Waals surface area contributed by atoms with E-state index in [9.17, 15) is 9.59 Å². The molecule has 1 atom stereocenters. The SMILES string of the molecule is CN(C)C(=O)N1CCC(N(C(=O)c2ccoc2)C2CCOCC2)C1. The van der Waals surface area contributed by atoms with Gasteiger partial charge in [-0.2, -0.15) is 0 Å². The number of hydrogen-bond donors (Lipinski definition) is 0. The second-order valence-electron chi connectivity index (χ2n) is 6.63. The van der Waals surface area contributed by atoms with Crippen LogP contribution in [0.4, 0.5) is 4.79 Å². The number of likely N-dealkylation sites (tertiary alicyclic amines) is 1. The standard InChI is InChI=1S/C17H25N3O4/c1-18(2)17(22)19-7-3-15(11-19)20(14-5-9-23-10-6-14)16(21)13-4-8-24-12-13/h4,8,12,14-15H,3,5-7,9-11H2,1-2H3. The van der Waals surface area contributed by atoms with Gasteiger partial charge in [0.1, 0.15) is 6.26 Å². The van der Waals surface area contributed by atoms with E-state index in [1.54, 1.807) is 25.1 Å². The second kappa shape index (κ2) is 7.25. The van der Waals surface area contributed by atoms with Gasteiger partial charge in [-0.25, -0.2) is 4.79 Å². The molecule has 132 valence electrons. The molecule has 7 heteroatoms. The van der Waals surface area contributed by atoms with Crippen LogP contribution in [0.5, 0.6) is 0 Å². The molecule has 24 heavy (non-hydrogen) atoms. The number of ether oxygens (including phenoxy) is 1. The highest BCUT2D eigenvalue weighted by atomic mass is 16.5. The van der Waals surface area contributed by atoms with E-state index in [0.717, 1.165) is 19.3 Å². The summed E-state index contributed by atoms with van der Waals surface area (Å²) in [5.41, 5.74) is 0.568. The second-order valence-corrected chi connectivity index (χ2v) is 6.63. The zero-order chi connectivity index (χ0) is 17.1. The summed E-state index contributed by atoms with van der Waals surface area (Å²) in [4.78, 5) is 30.6. The molecule has 7 nitrogen and oxygen atoms in total. The molecule has 1 unspecified atom stereocenters. The molecular weight excluding hydrogens is 310 g/mol. The highest BCUT2D eigenvalue weighted by molar-refractivity contribution is 5.94. The number of carbonyl (C=O) groups excluding carboxylic acids is 2. The number of carbonyl (C=O) groups is 2. The lowest BCUT2D eigenvalue weighted by molar-refractivity contribution is 0.0174. The Hall–Kier alpha value is -2.02. The Bertz CT molecular complexity index is 566. The Morgan fingerprint density at radius 3 is 2.54 bits per heavy atom. The highest BCUT2D eigenvalue weighted by Crippen LogP contribution is 2.26. The van der Waals surface area contributed by atoms with Gasteiger partial charge in [0.15, 0.2) is 0 Å². The Labute approximate surface area is 142 Å². The van der Waals surface area contributed by atoms with Crippen LogP contribution in [0.2, 0.25) is 0 Å². The molecular formula is C17H25N3O4. The zero-order valence-corrected chi connectivity index (χ0v) is 14.3.